The SMILES string of the molecule is CCN1\C(=C/C=N/N=C(\O)c2ccccc2)C(C)(Cc2cc(Cl)ccc2Cl)c2cc(OC)ccc21.[Co]. The van der Waals surface area contributed by atoms with Crippen LogP contribution in [0.1, 0.15) is 30.5 Å². The van der Waals surface area contributed by atoms with Crippen LogP contribution in [0.4, 0.5) is 5.69 Å². The Hall–Kier alpha value is -2.77. The zero-order valence-electron chi connectivity index (χ0n) is 20.2. The van der Waals surface area contributed by atoms with Gasteiger partial charge in [-0.2, -0.15) is 5.10 Å². The van der Waals surface area contributed by atoms with E-state index in [4.69, 9.17) is 27.9 Å². The molecule has 1 N–H and O–H groups in total. The van der Waals surface area contributed by atoms with Gasteiger partial charge in [-0.1, -0.05) is 41.4 Å². The van der Waals surface area contributed by atoms with E-state index in [-0.39, 0.29) is 22.7 Å². The van der Waals surface area contributed by atoms with Crippen LogP contribution in [0.3, 0.4) is 0 Å². The molecule has 1 heterocycles. The molecule has 1 radical (unpaired) electrons. The molecule has 1 atom stereocenters. The molecule has 0 saturated heterocycles. The monoisotopic (exact) mass is 566 g/mol. The third kappa shape index (κ3) is 5.62. The molecule has 0 aromatic heterocycles. The van der Waals surface area contributed by atoms with Gasteiger partial charge in [0.15, 0.2) is 0 Å². The van der Waals surface area contributed by atoms with E-state index in [1.54, 1.807) is 31.5 Å². The van der Waals surface area contributed by atoms with Crippen molar-refractivity contribution in [2.45, 2.75) is 25.7 Å². The van der Waals surface area contributed by atoms with Crippen LogP contribution in [-0.2, 0) is 28.6 Å². The zero-order valence-corrected chi connectivity index (χ0v) is 22.8. The first kappa shape index (κ1) is 27.8. The molecule has 3 aromatic rings. The van der Waals surface area contributed by atoms with Crippen LogP contribution in [0.15, 0.2) is 88.7 Å². The predicted octanol–water partition coefficient (Wildman–Crippen LogP) is 7.21. The predicted molar refractivity (Wildman–Crippen MR) is 146 cm³/mol. The third-order valence-corrected chi connectivity index (χ3v) is 6.90. The van der Waals surface area contributed by atoms with Gasteiger partial charge in [0.25, 0.3) is 0 Å². The second-order valence-electron chi connectivity index (χ2n) is 8.48. The molecule has 0 spiro atoms. The van der Waals surface area contributed by atoms with E-state index in [2.05, 4.69) is 41.1 Å². The van der Waals surface area contributed by atoms with Crippen LogP contribution < -0.4 is 9.64 Å². The summed E-state index contributed by atoms with van der Waals surface area (Å²) >= 11 is 12.9. The standard InChI is InChI=1S/C28H27Cl2N3O2.Co/c1-4-33-25-13-11-22(35-3)17-23(25)28(2,18-20-16-21(29)10-12-24(20)30)26(33)14-15-31-32-27(34)19-8-6-5-7-9-19;/h5-17H,4,18H2,1-3H3,(H,32,34);/b26-14-,31-15+;. The number of allylic oxidation sites excluding steroid dienone is 2. The molecule has 0 bridgehead atoms. The van der Waals surface area contributed by atoms with Crippen molar-refractivity contribution in [3.63, 3.8) is 0 Å². The number of aliphatic hydroxyl groups excluding tert-OH is 1. The average Bonchev–Trinajstić information content (AvgIpc) is 3.10. The average molecular weight is 567 g/mol. The summed E-state index contributed by atoms with van der Waals surface area (Å²) in [5, 5.41) is 19.6. The van der Waals surface area contributed by atoms with Crippen molar-refractivity contribution < 1.29 is 26.6 Å². The maximum absolute atomic E-state index is 10.2. The zero-order chi connectivity index (χ0) is 25.0. The number of hydrogen-bond acceptors (Lipinski definition) is 4. The van der Waals surface area contributed by atoms with E-state index in [1.807, 2.05) is 42.5 Å². The maximum atomic E-state index is 10.2. The summed E-state index contributed by atoms with van der Waals surface area (Å²) in [6.45, 7) is 5.05. The number of likely N-dealkylation sites (N-methyl/N-ethyl adjacent to an activating group) is 1. The van der Waals surface area contributed by atoms with Crippen LogP contribution in [0.5, 0.6) is 5.75 Å². The van der Waals surface area contributed by atoms with E-state index < -0.39 is 5.41 Å². The molecule has 36 heavy (non-hydrogen) atoms. The fourth-order valence-electron chi connectivity index (χ4n) is 4.58. The van der Waals surface area contributed by atoms with Crippen LogP contribution in [0.25, 0.3) is 0 Å². The second-order valence-corrected chi connectivity index (χ2v) is 9.32. The van der Waals surface area contributed by atoms with Crippen LogP contribution >= 0.6 is 23.2 Å². The molecule has 5 nitrogen and oxygen atoms in total. The van der Waals surface area contributed by atoms with Crippen LogP contribution in [0, 0.1) is 0 Å². The molecular weight excluding hydrogens is 540 g/mol. The normalized spacial score (nSPS) is 18.4. The van der Waals surface area contributed by atoms with Crippen molar-refractivity contribution in [3.05, 3.63) is 105 Å². The number of nitrogens with zero attached hydrogens (tertiary/aromatic N) is 3. The Morgan fingerprint density at radius 3 is 2.53 bits per heavy atom. The summed E-state index contributed by atoms with van der Waals surface area (Å²) in [4.78, 5) is 2.25. The van der Waals surface area contributed by atoms with Gasteiger partial charge >= 0.3 is 0 Å². The van der Waals surface area contributed by atoms with Crippen molar-refractivity contribution in [1.82, 2.24) is 0 Å². The van der Waals surface area contributed by atoms with Crippen LogP contribution in [0.2, 0.25) is 10.0 Å². The number of aliphatic hydroxyl groups is 1. The first-order chi connectivity index (χ1) is 16.9. The minimum Gasteiger partial charge on any atom is -0.497 e. The van der Waals surface area contributed by atoms with Gasteiger partial charge in [-0.3, -0.25) is 0 Å². The molecule has 189 valence electrons. The Labute approximate surface area is 232 Å². The second kappa shape index (κ2) is 12.0. The van der Waals surface area contributed by atoms with Crippen molar-refractivity contribution in [2.75, 3.05) is 18.6 Å². The van der Waals surface area contributed by atoms with Gasteiger partial charge in [0.1, 0.15) is 5.75 Å². The molecule has 0 amide bonds. The Kier molecular flexibility index (Phi) is 9.25. The number of halogens is 2. The summed E-state index contributed by atoms with van der Waals surface area (Å²) in [5.41, 5.74) is 4.39. The first-order valence-corrected chi connectivity index (χ1v) is 12.1. The van der Waals surface area contributed by atoms with E-state index in [9.17, 15) is 5.11 Å². The fourth-order valence-corrected chi connectivity index (χ4v) is 4.96. The van der Waals surface area contributed by atoms with Gasteiger partial charge < -0.3 is 14.7 Å². The van der Waals surface area contributed by atoms with Crippen molar-refractivity contribution >= 4 is 41.0 Å². The van der Waals surface area contributed by atoms with E-state index in [1.165, 1.54) is 0 Å². The van der Waals surface area contributed by atoms with Gasteiger partial charge in [0.05, 0.1) is 13.3 Å². The number of anilines is 1. The number of fused-ring (bicyclic) bond motifs is 1. The Balaban J connectivity index is 0.00000361. The van der Waals surface area contributed by atoms with E-state index >= 15 is 0 Å². The molecular formula is C28H27Cl2CoN3O2. The topological polar surface area (TPSA) is 57.4 Å². The molecule has 0 aliphatic carbocycles. The maximum Gasteiger partial charge on any atom is 0.238 e. The van der Waals surface area contributed by atoms with Crippen molar-refractivity contribution in [3.8, 4) is 5.75 Å². The first-order valence-electron chi connectivity index (χ1n) is 11.3. The van der Waals surface area contributed by atoms with Crippen LogP contribution in [-0.4, -0.2) is 30.9 Å². The molecule has 1 unspecified atom stereocenters. The Morgan fingerprint density at radius 2 is 1.83 bits per heavy atom. The minimum atomic E-state index is -0.439. The number of benzene rings is 3. The largest absolute Gasteiger partial charge is 0.497 e. The molecule has 8 heteroatoms. The number of rotatable bonds is 7. The summed E-state index contributed by atoms with van der Waals surface area (Å²) in [5.74, 6) is 0.649. The van der Waals surface area contributed by atoms with Gasteiger partial charge in [-0.05, 0) is 86.0 Å². The summed E-state index contributed by atoms with van der Waals surface area (Å²) in [6.07, 6.45) is 4.18. The quantitative estimate of drug-likeness (QED) is 0.187. The fraction of sp³-hybridized carbons (Fsp3) is 0.214. The van der Waals surface area contributed by atoms with Gasteiger partial charge in [-0.15, -0.1) is 5.10 Å². The van der Waals surface area contributed by atoms with E-state index in [0.29, 0.717) is 22.0 Å². The Morgan fingerprint density at radius 1 is 1.08 bits per heavy atom. The minimum absolute atomic E-state index is 0. The number of hydrogen-bond donors (Lipinski definition) is 1. The summed E-state index contributed by atoms with van der Waals surface area (Å²) in [7, 11) is 1.67. The number of methoxy groups -OCH3 is 1. The number of ether oxygens (including phenoxy) is 1. The van der Waals surface area contributed by atoms with Gasteiger partial charge in [-0.25, -0.2) is 0 Å². The summed E-state index contributed by atoms with van der Waals surface area (Å²) in [6, 6.07) is 20.8. The smallest absolute Gasteiger partial charge is 0.238 e. The Bertz CT molecular complexity index is 1310. The molecule has 4 rings (SSSR count). The molecule has 0 fully saturated rings. The van der Waals surface area contributed by atoms with Crippen molar-refractivity contribution in [1.29, 1.82) is 0 Å². The molecule has 0 saturated carbocycles. The molecule has 1 aliphatic heterocycles. The molecule has 3 aromatic carbocycles. The van der Waals surface area contributed by atoms with Crippen molar-refractivity contribution in [2.24, 2.45) is 10.2 Å². The van der Waals surface area contributed by atoms with Gasteiger partial charge in [0, 0.05) is 55.7 Å². The van der Waals surface area contributed by atoms with Gasteiger partial charge in [0.2, 0.25) is 5.90 Å². The third-order valence-electron chi connectivity index (χ3n) is 6.30. The summed E-state index contributed by atoms with van der Waals surface area (Å²) < 4.78 is 5.54. The molecule has 1 aliphatic rings. The van der Waals surface area contributed by atoms with E-state index in [0.717, 1.165) is 34.8 Å².